The van der Waals surface area contributed by atoms with Gasteiger partial charge in [-0.1, -0.05) is 12.1 Å². The molecule has 0 fully saturated rings. The molecule has 0 saturated carbocycles. The third-order valence-corrected chi connectivity index (χ3v) is 4.02. The van der Waals surface area contributed by atoms with Gasteiger partial charge in [0.1, 0.15) is 11.6 Å². The van der Waals surface area contributed by atoms with Crippen molar-refractivity contribution in [3.8, 4) is 5.75 Å². The van der Waals surface area contributed by atoms with Crippen LogP contribution in [-0.2, 0) is 11.3 Å². The van der Waals surface area contributed by atoms with E-state index < -0.39 is 0 Å². The molecule has 0 unspecified atom stereocenters. The van der Waals surface area contributed by atoms with Crippen molar-refractivity contribution >= 4 is 17.4 Å². The number of Topliss-reactive ketones (excluding diaryl/α,β-unsaturated/α-hetero) is 1. The minimum atomic E-state index is -0.259. The third kappa shape index (κ3) is 4.42. The van der Waals surface area contributed by atoms with E-state index in [9.17, 15) is 14.0 Å². The fourth-order valence-corrected chi connectivity index (χ4v) is 2.67. The summed E-state index contributed by atoms with van der Waals surface area (Å²) in [5.74, 6) is 0.0827. The first-order valence-corrected chi connectivity index (χ1v) is 8.04. The fourth-order valence-electron chi connectivity index (χ4n) is 2.67. The largest absolute Gasteiger partial charge is 0.482 e. The number of ketones is 1. The van der Waals surface area contributed by atoms with Gasteiger partial charge in [-0.25, -0.2) is 4.39 Å². The fraction of sp³-hybridized carbons (Fsp3) is 0.263. The number of hydrogen-bond donors (Lipinski definition) is 1. The lowest BCUT2D eigenvalue weighted by Crippen LogP contribution is -2.25. The van der Waals surface area contributed by atoms with Gasteiger partial charge in [0, 0.05) is 25.1 Å². The average molecular weight is 342 g/mol. The second-order valence-electron chi connectivity index (χ2n) is 6.09. The van der Waals surface area contributed by atoms with Crippen LogP contribution in [0.2, 0.25) is 0 Å². The number of carbonyl (C=O) groups is 2. The van der Waals surface area contributed by atoms with E-state index in [1.807, 2.05) is 11.9 Å². The summed E-state index contributed by atoms with van der Waals surface area (Å²) in [7, 11) is 1.91. The summed E-state index contributed by atoms with van der Waals surface area (Å²) in [6, 6.07) is 11.4. The number of nitrogens with one attached hydrogen (secondary N) is 1. The molecule has 2 aromatic rings. The minimum absolute atomic E-state index is 0.00548. The van der Waals surface area contributed by atoms with Crippen molar-refractivity contribution in [2.45, 2.75) is 13.0 Å². The van der Waals surface area contributed by atoms with E-state index in [4.69, 9.17) is 4.74 Å². The number of ether oxygens (including phenoxy) is 1. The van der Waals surface area contributed by atoms with Crippen LogP contribution in [-0.4, -0.2) is 36.8 Å². The molecule has 1 aliphatic rings. The van der Waals surface area contributed by atoms with Crippen LogP contribution in [0.4, 0.5) is 10.1 Å². The SMILES string of the molecule is CN(CCC(=O)c1ccc2c(c1)NC(=O)CO2)Cc1ccc(F)cc1. The predicted molar refractivity (Wildman–Crippen MR) is 92.2 cm³/mol. The lowest BCUT2D eigenvalue weighted by atomic mass is 10.1. The zero-order valence-electron chi connectivity index (χ0n) is 13.9. The van der Waals surface area contributed by atoms with Crippen LogP contribution in [0.1, 0.15) is 22.3 Å². The lowest BCUT2D eigenvalue weighted by molar-refractivity contribution is -0.118. The number of hydrogen-bond acceptors (Lipinski definition) is 4. The van der Waals surface area contributed by atoms with Gasteiger partial charge in [-0.05, 0) is 42.9 Å². The highest BCUT2D eigenvalue weighted by molar-refractivity contribution is 6.00. The molecule has 6 heteroatoms. The molecule has 1 amide bonds. The number of carbonyl (C=O) groups excluding carboxylic acids is 2. The Hall–Kier alpha value is -2.73. The summed E-state index contributed by atoms with van der Waals surface area (Å²) < 4.78 is 18.2. The molecule has 0 aromatic heterocycles. The van der Waals surface area contributed by atoms with E-state index in [1.165, 1.54) is 12.1 Å². The second kappa shape index (κ2) is 7.44. The van der Waals surface area contributed by atoms with Crippen molar-refractivity contribution in [1.82, 2.24) is 4.90 Å². The van der Waals surface area contributed by atoms with Gasteiger partial charge in [0.15, 0.2) is 12.4 Å². The van der Waals surface area contributed by atoms with E-state index in [1.54, 1.807) is 30.3 Å². The molecule has 130 valence electrons. The van der Waals surface area contributed by atoms with Gasteiger partial charge in [-0.2, -0.15) is 0 Å². The van der Waals surface area contributed by atoms with E-state index in [2.05, 4.69) is 5.32 Å². The number of anilines is 1. The topological polar surface area (TPSA) is 58.6 Å². The van der Waals surface area contributed by atoms with Crippen molar-refractivity contribution in [3.63, 3.8) is 0 Å². The van der Waals surface area contributed by atoms with Gasteiger partial charge in [0.25, 0.3) is 5.91 Å². The zero-order valence-corrected chi connectivity index (χ0v) is 13.9. The Morgan fingerprint density at radius 3 is 2.76 bits per heavy atom. The van der Waals surface area contributed by atoms with Crippen LogP contribution in [0.15, 0.2) is 42.5 Å². The van der Waals surface area contributed by atoms with Gasteiger partial charge >= 0.3 is 0 Å². The summed E-state index contributed by atoms with van der Waals surface area (Å²) in [6.45, 7) is 1.21. The summed E-state index contributed by atoms with van der Waals surface area (Å²) in [5, 5.41) is 2.70. The molecule has 25 heavy (non-hydrogen) atoms. The Balaban J connectivity index is 1.56. The van der Waals surface area contributed by atoms with Gasteiger partial charge < -0.3 is 15.0 Å². The number of rotatable bonds is 6. The van der Waals surface area contributed by atoms with Crippen molar-refractivity contribution in [2.75, 3.05) is 25.5 Å². The number of amides is 1. The van der Waals surface area contributed by atoms with Crippen molar-refractivity contribution < 1.29 is 18.7 Å². The molecular formula is C19H19FN2O3. The Labute approximate surface area is 145 Å². The number of halogens is 1. The van der Waals surface area contributed by atoms with Crippen molar-refractivity contribution in [1.29, 1.82) is 0 Å². The van der Waals surface area contributed by atoms with E-state index in [-0.39, 0.29) is 24.1 Å². The molecule has 1 N–H and O–H groups in total. The first-order chi connectivity index (χ1) is 12.0. The van der Waals surface area contributed by atoms with Gasteiger partial charge in [-0.3, -0.25) is 9.59 Å². The molecule has 0 bridgehead atoms. The molecule has 0 spiro atoms. The highest BCUT2D eigenvalue weighted by Crippen LogP contribution is 2.28. The molecule has 0 atom stereocenters. The molecular weight excluding hydrogens is 323 g/mol. The summed E-state index contributed by atoms with van der Waals surface area (Å²) in [6.07, 6.45) is 0.352. The van der Waals surface area contributed by atoms with Crippen LogP contribution in [0.3, 0.4) is 0 Å². The van der Waals surface area contributed by atoms with E-state index in [0.717, 1.165) is 5.56 Å². The van der Waals surface area contributed by atoms with Crippen LogP contribution in [0.5, 0.6) is 5.75 Å². The summed E-state index contributed by atoms with van der Waals surface area (Å²) in [5.41, 5.74) is 2.06. The van der Waals surface area contributed by atoms with E-state index >= 15 is 0 Å². The number of fused-ring (bicyclic) bond motifs is 1. The normalized spacial score (nSPS) is 13.2. The predicted octanol–water partition coefficient (Wildman–Crippen LogP) is 2.86. The quantitative estimate of drug-likeness (QED) is 0.820. The monoisotopic (exact) mass is 342 g/mol. The molecule has 1 heterocycles. The van der Waals surface area contributed by atoms with E-state index in [0.29, 0.717) is 36.5 Å². The Kier molecular flexibility index (Phi) is 5.09. The summed E-state index contributed by atoms with van der Waals surface area (Å²) in [4.78, 5) is 25.8. The number of nitrogens with zero attached hydrogens (tertiary/aromatic N) is 1. The molecule has 1 aliphatic heterocycles. The van der Waals surface area contributed by atoms with Crippen molar-refractivity contribution in [2.24, 2.45) is 0 Å². The second-order valence-corrected chi connectivity index (χ2v) is 6.09. The first kappa shape index (κ1) is 17.1. The van der Waals surface area contributed by atoms with Gasteiger partial charge in [0.2, 0.25) is 0 Å². The van der Waals surface area contributed by atoms with Crippen LogP contribution >= 0.6 is 0 Å². The maximum absolute atomic E-state index is 12.9. The molecule has 0 saturated heterocycles. The summed E-state index contributed by atoms with van der Waals surface area (Å²) >= 11 is 0. The Morgan fingerprint density at radius 2 is 2.00 bits per heavy atom. The van der Waals surface area contributed by atoms with Crippen molar-refractivity contribution in [3.05, 3.63) is 59.4 Å². The van der Waals surface area contributed by atoms with Gasteiger partial charge in [-0.15, -0.1) is 0 Å². The van der Waals surface area contributed by atoms with Gasteiger partial charge in [0.05, 0.1) is 5.69 Å². The zero-order chi connectivity index (χ0) is 17.8. The standard InChI is InChI=1S/C19H19FN2O3/c1-22(11-13-2-5-15(20)6-3-13)9-8-17(23)14-4-7-18-16(10-14)21-19(24)12-25-18/h2-7,10H,8-9,11-12H2,1H3,(H,21,24). The third-order valence-electron chi connectivity index (χ3n) is 4.02. The number of benzene rings is 2. The van der Waals surface area contributed by atoms with Crippen LogP contribution in [0.25, 0.3) is 0 Å². The smallest absolute Gasteiger partial charge is 0.262 e. The molecule has 3 rings (SSSR count). The molecule has 0 radical (unpaired) electrons. The Bertz CT molecular complexity index is 790. The minimum Gasteiger partial charge on any atom is -0.482 e. The highest BCUT2D eigenvalue weighted by atomic mass is 19.1. The maximum Gasteiger partial charge on any atom is 0.262 e. The molecule has 0 aliphatic carbocycles. The Morgan fingerprint density at radius 1 is 1.24 bits per heavy atom. The average Bonchev–Trinajstić information content (AvgIpc) is 2.61. The maximum atomic E-state index is 12.9. The first-order valence-electron chi connectivity index (χ1n) is 8.04. The molecule has 2 aromatic carbocycles. The highest BCUT2D eigenvalue weighted by Gasteiger charge is 2.18. The molecule has 5 nitrogen and oxygen atoms in total. The van der Waals surface area contributed by atoms with Crippen LogP contribution < -0.4 is 10.1 Å². The van der Waals surface area contributed by atoms with Crippen LogP contribution in [0, 0.1) is 5.82 Å². The lowest BCUT2D eigenvalue weighted by Gasteiger charge is -2.19.